The quantitative estimate of drug-likeness (QED) is 0.766. The summed E-state index contributed by atoms with van der Waals surface area (Å²) in [5.74, 6) is 0.484. The van der Waals surface area contributed by atoms with Crippen LogP contribution in [-0.2, 0) is 9.53 Å². The molecule has 1 aliphatic heterocycles. The van der Waals surface area contributed by atoms with Crippen LogP contribution in [0.25, 0.3) is 0 Å². The summed E-state index contributed by atoms with van der Waals surface area (Å²) < 4.78 is 5.39. The van der Waals surface area contributed by atoms with Crippen LogP contribution in [0, 0.1) is 5.92 Å². The number of rotatable bonds is 6. The Hall–Kier alpha value is -1.26. The van der Waals surface area contributed by atoms with Crippen molar-refractivity contribution in [1.29, 1.82) is 0 Å². The van der Waals surface area contributed by atoms with Gasteiger partial charge in [0.15, 0.2) is 0 Å². The van der Waals surface area contributed by atoms with Gasteiger partial charge in [-0.25, -0.2) is 4.79 Å². The van der Waals surface area contributed by atoms with Crippen LogP contribution in [0.15, 0.2) is 0 Å². The summed E-state index contributed by atoms with van der Waals surface area (Å²) in [4.78, 5) is 24.4. The summed E-state index contributed by atoms with van der Waals surface area (Å²) in [7, 11) is 0. The van der Waals surface area contributed by atoms with Crippen LogP contribution in [-0.4, -0.2) is 35.6 Å². The van der Waals surface area contributed by atoms with Crippen molar-refractivity contribution in [2.24, 2.45) is 11.7 Å². The molecule has 0 aromatic rings. The van der Waals surface area contributed by atoms with Crippen molar-refractivity contribution < 1.29 is 14.3 Å². The van der Waals surface area contributed by atoms with Gasteiger partial charge >= 0.3 is 6.09 Å². The van der Waals surface area contributed by atoms with Crippen LogP contribution < -0.4 is 5.73 Å². The highest BCUT2D eigenvalue weighted by Gasteiger charge is 2.26. The molecule has 0 aromatic carbocycles. The second-order valence-electron chi connectivity index (χ2n) is 6.98. The average Bonchev–Trinajstić information content (AvgIpc) is 2.36. The van der Waals surface area contributed by atoms with E-state index in [2.05, 4.69) is 0 Å². The van der Waals surface area contributed by atoms with Gasteiger partial charge in [-0.3, -0.25) is 4.79 Å². The van der Waals surface area contributed by atoms with Crippen LogP contribution in [0.3, 0.4) is 0 Å². The first kappa shape index (κ1) is 17.8. The minimum Gasteiger partial charge on any atom is -0.444 e. The first-order valence-corrected chi connectivity index (χ1v) is 8.04. The van der Waals surface area contributed by atoms with Gasteiger partial charge in [0.05, 0.1) is 0 Å². The van der Waals surface area contributed by atoms with Crippen molar-refractivity contribution in [2.45, 2.75) is 71.3 Å². The molecule has 0 aliphatic carbocycles. The molecular weight excluding hydrogens is 268 g/mol. The van der Waals surface area contributed by atoms with Crippen molar-refractivity contribution >= 4 is 12.0 Å². The largest absolute Gasteiger partial charge is 0.444 e. The Morgan fingerprint density at radius 3 is 2.29 bits per heavy atom. The lowest BCUT2D eigenvalue weighted by atomic mass is 9.91. The van der Waals surface area contributed by atoms with Crippen LogP contribution in [0.2, 0.25) is 0 Å². The monoisotopic (exact) mass is 298 g/mol. The van der Waals surface area contributed by atoms with Gasteiger partial charge in [0.2, 0.25) is 5.91 Å². The summed E-state index contributed by atoms with van der Waals surface area (Å²) in [5.41, 5.74) is 4.69. The Morgan fingerprint density at radius 1 is 1.14 bits per heavy atom. The summed E-state index contributed by atoms with van der Waals surface area (Å²) in [6.07, 6.45) is 6.69. The number of likely N-dealkylation sites (tertiary alicyclic amines) is 1. The van der Waals surface area contributed by atoms with Crippen LogP contribution in [0.1, 0.15) is 65.7 Å². The second kappa shape index (κ2) is 8.25. The van der Waals surface area contributed by atoms with E-state index in [0.717, 1.165) is 45.2 Å². The SMILES string of the molecule is CC(C)(C)OC(=O)N1CCC(CCCCCC(N)=O)CC1. The fourth-order valence-corrected chi connectivity index (χ4v) is 2.64. The number of primary amides is 1. The van der Waals surface area contributed by atoms with Crippen LogP contribution in [0.4, 0.5) is 4.79 Å². The van der Waals surface area contributed by atoms with E-state index in [-0.39, 0.29) is 12.0 Å². The molecule has 0 spiro atoms. The van der Waals surface area contributed by atoms with Gasteiger partial charge < -0.3 is 15.4 Å². The number of piperidine rings is 1. The standard InChI is InChI=1S/C16H30N2O3/c1-16(2,3)21-15(20)18-11-9-13(10-12-18)7-5-4-6-8-14(17)19/h13H,4-12H2,1-3H3,(H2,17,19). The number of hydrogen-bond acceptors (Lipinski definition) is 3. The van der Waals surface area contributed by atoms with E-state index < -0.39 is 5.60 Å². The first-order valence-electron chi connectivity index (χ1n) is 8.04. The molecule has 1 rings (SSSR count). The number of nitrogens with zero attached hydrogens (tertiary/aromatic N) is 1. The lowest BCUT2D eigenvalue weighted by Crippen LogP contribution is -2.41. The summed E-state index contributed by atoms with van der Waals surface area (Å²) in [5, 5.41) is 0. The Bertz CT molecular complexity index is 342. The number of unbranched alkanes of at least 4 members (excludes halogenated alkanes) is 2. The van der Waals surface area contributed by atoms with Crippen molar-refractivity contribution in [3.63, 3.8) is 0 Å². The Labute approximate surface area is 128 Å². The average molecular weight is 298 g/mol. The number of carbonyl (C=O) groups is 2. The molecule has 0 saturated carbocycles. The van der Waals surface area contributed by atoms with Crippen LogP contribution in [0.5, 0.6) is 0 Å². The number of hydrogen-bond donors (Lipinski definition) is 1. The van der Waals surface area contributed by atoms with E-state index in [1.54, 1.807) is 0 Å². The lowest BCUT2D eigenvalue weighted by Gasteiger charge is -2.33. The Morgan fingerprint density at radius 2 is 1.76 bits per heavy atom. The topological polar surface area (TPSA) is 72.6 Å². The molecule has 2 amide bonds. The number of amides is 2. The maximum Gasteiger partial charge on any atom is 0.410 e. The van der Waals surface area contributed by atoms with E-state index in [9.17, 15) is 9.59 Å². The van der Waals surface area contributed by atoms with E-state index in [0.29, 0.717) is 12.3 Å². The molecule has 1 heterocycles. The van der Waals surface area contributed by atoms with Gasteiger partial charge in [-0.15, -0.1) is 0 Å². The summed E-state index contributed by atoms with van der Waals surface area (Å²) in [6.45, 7) is 7.26. The molecule has 0 aromatic heterocycles. The van der Waals surface area contributed by atoms with E-state index in [4.69, 9.17) is 10.5 Å². The van der Waals surface area contributed by atoms with Gasteiger partial charge in [0, 0.05) is 19.5 Å². The third-order valence-corrected chi connectivity index (χ3v) is 3.80. The molecule has 5 nitrogen and oxygen atoms in total. The predicted octanol–water partition coefficient (Wildman–Crippen LogP) is 3.07. The maximum absolute atomic E-state index is 11.9. The van der Waals surface area contributed by atoms with Crippen molar-refractivity contribution in [3.8, 4) is 0 Å². The molecule has 0 radical (unpaired) electrons. The van der Waals surface area contributed by atoms with Gasteiger partial charge in [-0.2, -0.15) is 0 Å². The van der Waals surface area contributed by atoms with Gasteiger partial charge in [0.1, 0.15) is 5.60 Å². The molecule has 0 bridgehead atoms. The Kier molecular flexibility index (Phi) is 6.99. The first-order chi connectivity index (χ1) is 9.78. The highest BCUT2D eigenvalue weighted by atomic mass is 16.6. The van der Waals surface area contributed by atoms with Crippen molar-refractivity contribution in [2.75, 3.05) is 13.1 Å². The normalized spacial score (nSPS) is 16.8. The van der Waals surface area contributed by atoms with Crippen LogP contribution >= 0.6 is 0 Å². The van der Waals surface area contributed by atoms with E-state index in [1.807, 2.05) is 25.7 Å². The third-order valence-electron chi connectivity index (χ3n) is 3.80. The van der Waals surface area contributed by atoms with Gasteiger partial charge in [-0.05, 0) is 46.0 Å². The molecule has 2 N–H and O–H groups in total. The Balaban J connectivity index is 2.14. The minimum absolute atomic E-state index is 0.192. The molecule has 21 heavy (non-hydrogen) atoms. The maximum atomic E-state index is 11.9. The molecule has 1 saturated heterocycles. The molecule has 0 unspecified atom stereocenters. The van der Waals surface area contributed by atoms with Crippen molar-refractivity contribution in [3.05, 3.63) is 0 Å². The highest BCUT2D eigenvalue weighted by Crippen LogP contribution is 2.24. The molecule has 0 atom stereocenters. The molecule has 5 heteroatoms. The molecular formula is C16H30N2O3. The van der Waals surface area contributed by atoms with Gasteiger partial charge in [0.25, 0.3) is 0 Å². The van der Waals surface area contributed by atoms with E-state index >= 15 is 0 Å². The number of ether oxygens (including phenoxy) is 1. The smallest absolute Gasteiger partial charge is 0.410 e. The zero-order valence-corrected chi connectivity index (χ0v) is 13.7. The molecule has 1 fully saturated rings. The zero-order valence-electron chi connectivity index (χ0n) is 13.7. The second-order valence-corrected chi connectivity index (χ2v) is 6.98. The number of carbonyl (C=O) groups excluding carboxylic acids is 2. The summed E-state index contributed by atoms with van der Waals surface area (Å²) in [6, 6.07) is 0. The van der Waals surface area contributed by atoms with Crippen molar-refractivity contribution in [1.82, 2.24) is 4.90 Å². The van der Waals surface area contributed by atoms with E-state index in [1.165, 1.54) is 6.42 Å². The molecule has 1 aliphatic rings. The highest BCUT2D eigenvalue weighted by molar-refractivity contribution is 5.73. The fourth-order valence-electron chi connectivity index (χ4n) is 2.64. The minimum atomic E-state index is -0.422. The zero-order chi connectivity index (χ0) is 15.9. The predicted molar refractivity (Wildman–Crippen MR) is 82.8 cm³/mol. The molecule has 122 valence electrons. The lowest BCUT2D eigenvalue weighted by molar-refractivity contribution is -0.118. The van der Waals surface area contributed by atoms with Gasteiger partial charge in [-0.1, -0.05) is 19.3 Å². The number of nitrogens with two attached hydrogens (primary N) is 1. The fraction of sp³-hybridized carbons (Fsp3) is 0.875. The third kappa shape index (κ3) is 7.93. The summed E-state index contributed by atoms with van der Waals surface area (Å²) >= 11 is 0.